The Morgan fingerprint density at radius 3 is 1.89 bits per heavy atom. The fourth-order valence-electron chi connectivity index (χ4n) is 6.87. The summed E-state index contributed by atoms with van der Waals surface area (Å²) < 4.78 is 0. The van der Waals surface area contributed by atoms with Crippen LogP contribution in [-0.2, 0) is 4.79 Å². The Kier molecular flexibility index (Phi) is 3.94. The number of carbonyl (C=O) groups is 3. The van der Waals surface area contributed by atoms with Gasteiger partial charge < -0.3 is 5.32 Å². The molecule has 0 spiro atoms. The summed E-state index contributed by atoms with van der Waals surface area (Å²) in [5, 5.41) is 3.20. The van der Waals surface area contributed by atoms with Gasteiger partial charge in [-0.15, -0.1) is 0 Å². The van der Waals surface area contributed by atoms with E-state index in [0.29, 0.717) is 11.1 Å². The lowest BCUT2D eigenvalue weighted by Crippen LogP contribution is -2.58. The molecule has 1 aliphatic heterocycles. The molecule has 1 N–H and O–H groups in total. The van der Waals surface area contributed by atoms with Crippen molar-refractivity contribution in [1.82, 2.24) is 10.2 Å². The summed E-state index contributed by atoms with van der Waals surface area (Å²) in [6.07, 6.45) is 7.73. The van der Waals surface area contributed by atoms with E-state index in [0.717, 1.165) is 22.7 Å². The van der Waals surface area contributed by atoms with Crippen LogP contribution in [0.1, 0.15) is 73.1 Å². The summed E-state index contributed by atoms with van der Waals surface area (Å²) in [4.78, 5) is 39.5. The number of carbonyl (C=O) groups excluding carboxylic acids is 3. The zero-order chi connectivity index (χ0) is 19.6. The molecule has 148 valence electrons. The molecule has 0 aromatic heterocycles. The minimum atomic E-state index is -0.802. The molecule has 4 aliphatic carbocycles. The summed E-state index contributed by atoms with van der Waals surface area (Å²) in [5.41, 5.74) is 0.981. The smallest absolute Gasteiger partial charge is 0.262 e. The average Bonchev–Trinajstić information content (AvgIpc) is 2.91. The molecule has 4 bridgehead atoms. The van der Waals surface area contributed by atoms with Gasteiger partial charge in [-0.1, -0.05) is 12.1 Å². The third-order valence-corrected chi connectivity index (χ3v) is 7.96. The maximum Gasteiger partial charge on any atom is 0.262 e. The number of hydrogen-bond donors (Lipinski definition) is 1. The van der Waals surface area contributed by atoms with Gasteiger partial charge in [0.15, 0.2) is 0 Å². The predicted octanol–water partition coefficient (Wildman–Crippen LogP) is 3.39. The Morgan fingerprint density at radius 2 is 1.43 bits per heavy atom. The van der Waals surface area contributed by atoms with E-state index in [1.807, 2.05) is 0 Å². The Bertz CT molecular complexity index is 791. The van der Waals surface area contributed by atoms with E-state index in [1.54, 1.807) is 31.2 Å². The highest BCUT2D eigenvalue weighted by Crippen LogP contribution is 2.61. The van der Waals surface area contributed by atoms with E-state index in [-0.39, 0.29) is 29.2 Å². The standard InChI is InChI=1S/C23H28N2O3/c1-13(25-21(27)18-5-3-4-6-19(18)22(25)28)20(26)24-14(2)23-10-15-7-16(11-23)9-17(8-15)12-23/h3-6,13-17H,7-12H2,1-2H3,(H,24,26)/t13-,14+,15?,16?,17?,23?/m1/s1. The molecule has 4 saturated carbocycles. The predicted molar refractivity (Wildman–Crippen MR) is 105 cm³/mol. The maximum absolute atomic E-state index is 13.0. The van der Waals surface area contributed by atoms with Crippen molar-refractivity contribution >= 4 is 17.7 Å². The van der Waals surface area contributed by atoms with Gasteiger partial charge in [0.1, 0.15) is 6.04 Å². The molecular formula is C23H28N2O3. The number of nitrogens with one attached hydrogen (secondary N) is 1. The van der Waals surface area contributed by atoms with E-state index in [4.69, 9.17) is 0 Å². The molecule has 0 unspecified atom stereocenters. The monoisotopic (exact) mass is 380 g/mol. The molecule has 4 fully saturated rings. The molecule has 28 heavy (non-hydrogen) atoms. The lowest BCUT2D eigenvalue weighted by atomic mass is 9.48. The molecule has 1 aromatic carbocycles. The molecular weight excluding hydrogens is 352 g/mol. The fourth-order valence-corrected chi connectivity index (χ4v) is 6.87. The van der Waals surface area contributed by atoms with Gasteiger partial charge in [0.2, 0.25) is 5.91 Å². The SMILES string of the molecule is C[C@H](C(=O)N[C@@H](C)C12CC3CC(CC(C3)C1)C2)N1C(=O)c2ccccc2C1=O. The number of fused-ring (bicyclic) bond motifs is 1. The van der Waals surface area contributed by atoms with E-state index in [1.165, 1.54) is 38.5 Å². The number of benzene rings is 1. The lowest BCUT2D eigenvalue weighted by molar-refractivity contribution is -0.129. The van der Waals surface area contributed by atoms with Crippen molar-refractivity contribution in [3.63, 3.8) is 0 Å². The summed E-state index contributed by atoms with van der Waals surface area (Å²) in [5.74, 6) is 1.49. The number of amides is 3. The molecule has 0 radical (unpaired) electrons. The molecule has 5 heteroatoms. The first-order chi connectivity index (χ1) is 13.4. The summed E-state index contributed by atoms with van der Waals surface area (Å²) in [6, 6.07) is 6.06. The summed E-state index contributed by atoms with van der Waals surface area (Å²) in [6.45, 7) is 3.78. The van der Waals surface area contributed by atoms with Crippen molar-refractivity contribution in [3.8, 4) is 0 Å². The molecule has 5 aliphatic rings. The van der Waals surface area contributed by atoms with Crippen LogP contribution in [0.4, 0.5) is 0 Å². The first kappa shape index (κ1) is 17.9. The molecule has 3 amide bonds. The topological polar surface area (TPSA) is 66.5 Å². The molecule has 0 saturated heterocycles. The van der Waals surface area contributed by atoms with Crippen LogP contribution < -0.4 is 5.32 Å². The van der Waals surface area contributed by atoms with Crippen molar-refractivity contribution in [1.29, 1.82) is 0 Å². The normalized spacial score (nSPS) is 35.1. The highest BCUT2D eigenvalue weighted by molar-refractivity contribution is 6.22. The number of nitrogens with zero attached hydrogens (tertiary/aromatic N) is 1. The van der Waals surface area contributed by atoms with Crippen LogP contribution in [0.25, 0.3) is 0 Å². The van der Waals surface area contributed by atoms with Gasteiger partial charge in [-0.05, 0) is 87.7 Å². The third kappa shape index (κ3) is 2.55. The second-order valence-corrected chi connectivity index (χ2v) is 9.71. The Balaban J connectivity index is 1.31. The average molecular weight is 380 g/mol. The lowest BCUT2D eigenvalue weighted by Gasteiger charge is -2.59. The minimum absolute atomic E-state index is 0.0750. The highest BCUT2D eigenvalue weighted by Gasteiger charge is 2.53. The van der Waals surface area contributed by atoms with Crippen LogP contribution in [0.3, 0.4) is 0 Å². The van der Waals surface area contributed by atoms with E-state index >= 15 is 0 Å². The van der Waals surface area contributed by atoms with E-state index in [9.17, 15) is 14.4 Å². The van der Waals surface area contributed by atoms with Crippen molar-refractivity contribution in [2.75, 3.05) is 0 Å². The number of imide groups is 1. The minimum Gasteiger partial charge on any atom is -0.351 e. The summed E-state index contributed by atoms with van der Waals surface area (Å²) in [7, 11) is 0. The van der Waals surface area contributed by atoms with Gasteiger partial charge in [0.05, 0.1) is 11.1 Å². The first-order valence-corrected chi connectivity index (χ1v) is 10.7. The van der Waals surface area contributed by atoms with Gasteiger partial charge in [-0.25, -0.2) is 0 Å². The fraction of sp³-hybridized carbons (Fsp3) is 0.609. The van der Waals surface area contributed by atoms with Crippen LogP contribution >= 0.6 is 0 Å². The molecule has 5 nitrogen and oxygen atoms in total. The second kappa shape index (κ2) is 6.16. The van der Waals surface area contributed by atoms with Gasteiger partial charge >= 0.3 is 0 Å². The van der Waals surface area contributed by atoms with Crippen LogP contribution in [0.5, 0.6) is 0 Å². The van der Waals surface area contributed by atoms with Gasteiger partial charge in [-0.2, -0.15) is 0 Å². The quantitative estimate of drug-likeness (QED) is 0.814. The number of rotatable bonds is 4. The van der Waals surface area contributed by atoms with Gasteiger partial charge in [0.25, 0.3) is 11.8 Å². The zero-order valence-corrected chi connectivity index (χ0v) is 16.6. The van der Waals surface area contributed by atoms with Crippen molar-refractivity contribution in [2.24, 2.45) is 23.2 Å². The molecule has 2 atom stereocenters. The Hall–Kier alpha value is -2.17. The van der Waals surface area contributed by atoms with Crippen LogP contribution in [0.2, 0.25) is 0 Å². The Morgan fingerprint density at radius 1 is 0.964 bits per heavy atom. The Labute approximate surface area is 165 Å². The van der Waals surface area contributed by atoms with E-state index < -0.39 is 6.04 Å². The van der Waals surface area contributed by atoms with Crippen LogP contribution in [0.15, 0.2) is 24.3 Å². The zero-order valence-electron chi connectivity index (χ0n) is 16.6. The van der Waals surface area contributed by atoms with Crippen molar-refractivity contribution in [3.05, 3.63) is 35.4 Å². The summed E-state index contributed by atoms with van der Waals surface area (Å²) >= 11 is 0. The van der Waals surface area contributed by atoms with Crippen LogP contribution in [-0.4, -0.2) is 34.7 Å². The van der Waals surface area contributed by atoms with Gasteiger partial charge in [0, 0.05) is 6.04 Å². The third-order valence-electron chi connectivity index (χ3n) is 7.96. The second-order valence-electron chi connectivity index (χ2n) is 9.71. The molecule has 1 aromatic rings. The van der Waals surface area contributed by atoms with Crippen molar-refractivity contribution < 1.29 is 14.4 Å². The maximum atomic E-state index is 13.0. The molecule has 6 rings (SSSR count). The number of hydrogen-bond acceptors (Lipinski definition) is 3. The van der Waals surface area contributed by atoms with E-state index in [2.05, 4.69) is 12.2 Å². The van der Waals surface area contributed by atoms with Crippen LogP contribution in [0, 0.1) is 23.2 Å². The largest absolute Gasteiger partial charge is 0.351 e. The first-order valence-electron chi connectivity index (χ1n) is 10.7. The molecule has 1 heterocycles. The van der Waals surface area contributed by atoms with Crippen molar-refractivity contribution in [2.45, 2.75) is 64.5 Å². The highest BCUT2D eigenvalue weighted by atomic mass is 16.2. The van der Waals surface area contributed by atoms with Gasteiger partial charge in [-0.3, -0.25) is 19.3 Å².